The van der Waals surface area contributed by atoms with Gasteiger partial charge in [0.25, 0.3) is 5.91 Å². The number of phenols is 1. The van der Waals surface area contributed by atoms with Crippen molar-refractivity contribution in [2.24, 2.45) is 10.7 Å². The van der Waals surface area contributed by atoms with Crippen LogP contribution in [0.25, 0.3) is 11.0 Å². The summed E-state index contributed by atoms with van der Waals surface area (Å²) in [5.41, 5.74) is 3.80. The van der Waals surface area contributed by atoms with Gasteiger partial charge in [0.15, 0.2) is 0 Å². The second-order valence-corrected chi connectivity index (χ2v) is 5.73. The van der Waals surface area contributed by atoms with Crippen LogP contribution < -0.4 is 11.3 Å². The van der Waals surface area contributed by atoms with Crippen molar-refractivity contribution in [2.75, 3.05) is 0 Å². The number of nitrogens with zero attached hydrogens (tertiary/aromatic N) is 1. The molecule has 0 unspecified atom stereocenters. The van der Waals surface area contributed by atoms with Crippen LogP contribution in [-0.2, 0) is 6.18 Å². The van der Waals surface area contributed by atoms with E-state index in [1.54, 1.807) is 0 Å². The average Bonchev–Trinajstić information content (AvgIpc) is 2.54. The van der Waals surface area contributed by atoms with E-state index in [0.29, 0.717) is 5.39 Å². The SMILES string of the molecule is NC(=O)c1cc2ccc(O)cc2oc1=Nc1cc(C(F)(F)F)ccc1Cl. The molecule has 134 valence electrons. The summed E-state index contributed by atoms with van der Waals surface area (Å²) in [6.07, 6.45) is -4.59. The van der Waals surface area contributed by atoms with Gasteiger partial charge < -0.3 is 15.3 Å². The van der Waals surface area contributed by atoms with E-state index in [-0.39, 0.29) is 33.2 Å². The largest absolute Gasteiger partial charge is 0.508 e. The molecular weight excluding hydrogens is 373 g/mol. The maximum absolute atomic E-state index is 12.9. The average molecular weight is 383 g/mol. The molecule has 1 amide bonds. The van der Waals surface area contributed by atoms with Gasteiger partial charge in [0.1, 0.15) is 16.9 Å². The number of amides is 1. The summed E-state index contributed by atoms with van der Waals surface area (Å²) in [4.78, 5) is 15.6. The highest BCUT2D eigenvalue weighted by molar-refractivity contribution is 6.33. The number of hydrogen-bond donors (Lipinski definition) is 2. The van der Waals surface area contributed by atoms with Crippen LogP contribution in [0.3, 0.4) is 0 Å². The van der Waals surface area contributed by atoms with Crippen molar-refractivity contribution in [1.82, 2.24) is 0 Å². The first-order valence-corrected chi connectivity index (χ1v) is 7.51. The number of carbonyl (C=O) groups is 1. The number of benzene rings is 2. The number of fused-ring (bicyclic) bond motifs is 1. The highest BCUT2D eigenvalue weighted by Crippen LogP contribution is 2.35. The summed E-state index contributed by atoms with van der Waals surface area (Å²) >= 11 is 5.91. The third-order valence-corrected chi connectivity index (χ3v) is 3.81. The second-order valence-electron chi connectivity index (χ2n) is 5.33. The minimum atomic E-state index is -4.59. The van der Waals surface area contributed by atoms with E-state index in [9.17, 15) is 23.1 Å². The van der Waals surface area contributed by atoms with E-state index >= 15 is 0 Å². The molecule has 0 bridgehead atoms. The van der Waals surface area contributed by atoms with E-state index in [2.05, 4.69) is 4.99 Å². The molecule has 0 spiro atoms. The third-order valence-electron chi connectivity index (χ3n) is 3.49. The van der Waals surface area contributed by atoms with Gasteiger partial charge in [0.2, 0.25) is 5.55 Å². The quantitative estimate of drug-likeness (QED) is 0.698. The van der Waals surface area contributed by atoms with E-state index in [4.69, 9.17) is 21.8 Å². The van der Waals surface area contributed by atoms with Crippen molar-refractivity contribution in [3.8, 4) is 5.75 Å². The Kier molecular flexibility index (Phi) is 4.37. The van der Waals surface area contributed by atoms with E-state index in [1.165, 1.54) is 24.3 Å². The maximum Gasteiger partial charge on any atom is 0.416 e. The van der Waals surface area contributed by atoms with Crippen LogP contribution in [0.1, 0.15) is 15.9 Å². The Morgan fingerprint density at radius 2 is 1.88 bits per heavy atom. The molecule has 26 heavy (non-hydrogen) atoms. The molecule has 2 aromatic carbocycles. The molecule has 3 N–H and O–H groups in total. The molecule has 0 saturated heterocycles. The Bertz CT molecular complexity index is 1090. The van der Waals surface area contributed by atoms with Crippen molar-refractivity contribution in [3.05, 3.63) is 64.2 Å². The van der Waals surface area contributed by atoms with Gasteiger partial charge in [-0.25, -0.2) is 4.99 Å². The summed E-state index contributed by atoms with van der Waals surface area (Å²) in [7, 11) is 0. The molecule has 0 fully saturated rings. The summed E-state index contributed by atoms with van der Waals surface area (Å²) in [5, 5.41) is 9.91. The van der Waals surface area contributed by atoms with Crippen molar-refractivity contribution in [2.45, 2.75) is 6.18 Å². The Labute approximate surface area is 149 Å². The fourth-order valence-corrected chi connectivity index (χ4v) is 2.41. The van der Waals surface area contributed by atoms with Crippen molar-refractivity contribution >= 4 is 34.2 Å². The Morgan fingerprint density at radius 3 is 2.54 bits per heavy atom. The molecule has 1 heterocycles. The molecule has 0 atom stereocenters. The summed E-state index contributed by atoms with van der Waals surface area (Å²) in [5.74, 6) is -0.985. The molecule has 5 nitrogen and oxygen atoms in total. The van der Waals surface area contributed by atoms with Gasteiger partial charge in [-0.3, -0.25) is 4.79 Å². The lowest BCUT2D eigenvalue weighted by molar-refractivity contribution is -0.137. The molecule has 0 aliphatic rings. The highest BCUT2D eigenvalue weighted by Gasteiger charge is 2.31. The number of rotatable bonds is 2. The van der Waals surface area contributed by atoms with Crippen LogP contribution in [0, 0.1) is 0 Å². The topological polar surface area (TPSA) is 88.8 Å². The molecule has 0 aliphatic heterocycles. The summed E-state index contributed by atoms with van der Waals surface area (Å²) < 4.78 is 44.1. The zero-order chi connectivity index (χ0) is 19.1. The summed E-state index contributed by atoms with van der Waals surface area (Å²) in [6.45, 7) is 0. The van der Waals surface area contributed by atoms with E-state index in [0.717, 1.165) is 18.2 Å². The first-order chi connectivity index (χ1) is 12.1. The molecule has 9 heteroatoms. The molecule has 0 saturated carbocycles. The van der Waals surface area contributed by atoms with Crippen molar-refractivity contribution in [1.29, 1.82) is 0 Å². The number of phenolic OH excluding ortho intramolecular Hbond substituents is 1. The second kappa shape index (κ2) is 6.38. The Hall–Kier alpha value is -3.00. The summed E-state index contributed by atoms with van der Waals surface area (Å²) in [6, 6.07) is 8.08. The number of carbonyl (C=O) groups excluding carboxylic acids is 1. The van der Waals surface area contributed by atoms with Crippen LogP contribution >= 0.6 is 11.6 Å². The molecule has 3 rings (SSSR count). The van der Waals surface area contributed by atoms with Crippen LogP contribution in [0.4, 0.5) is 18.9 Å². The lowest BCUT2D eigenvalue weighted by Crippen LogP contribution is -2.21. The third kappa shape index (κ3) is 3.50. The van der Waals surface area contributed by atoms with Gasteiger partial charge >= 0.3 is 6.18 Å². The maximum atomic E-state index is 12.9. The zero-order valence-electron chi connectivity index (χ0n) is 12.8. The number of nitrogens with two attached hydrogens (primary N) is 1. The van der Waals surface area contributed by atoms with Crippen LogP contribution in [-0.4, -0.2) is 11.0 Å². The zero-order valence-corrected chi connectivity index (χ0v) is 13.6. The first kappa shape index (κ1) is 17.8. The molecule has 3 aromatic rings. The lowest BCUT2D eigenvalue weighted by Gasteiger charge is -2.08. The fraction of sp³-hybridized carbons (Fsp3) is 0.0588. The van der Waals surface area contributed by atoms with Crippen molar-refractivity contribution < 1.29 is 27.5 Å². The number of hydrogen-bond acceptors (Lipinski definition) is 4. The number of alkyl halides is 3. The Balaban J connectivity index is 2.30. The predicted octanol–water partition coefficient (Wildman–Crippen LogP) is 4.14. The van der Waals surface area contributed by atoms with Gasteiger partial charge in [-0.15, -0.1) is 0 Å². The minimum absolute atomic E-state index is 0.0698. The number of primary amides is 1. The molecule has 0 aliphatic carbocycles. The molecular formula is C17H10ClF3N2O3. The number of aromatic hydroxyl groups is 1. The molecule has 0 radical (unpaired) electrons. The lowest BCUT2D eigenvalue weighted by atomic mass is 10.1. The Morgan fingerprint density at radius 1 is 1.15 bits per heavy atom. The predicted molar refractivity (Wildman–Crippen MR) is 88.1 cm³/mol. The normalized spacial score (nSPS) is 12.5. The van der Waals surface area contributed by atoms with Crippen molar-refractivity contribution in [3.63, 3.8) is 0 Å². The van der Waals surface area contributed by atoms with Gasteiger partial charge in [0, 0.05) is 11.5 Å². The highest BCUT2D eigenvalue weighted by atomic mass is 35.5. The smallest absolute Gasteiger partial charge is 0.416 e. The van der Waals surface area contributed by atoms with Gasteiger partial charge in [-0.05, 0) is 36.4 Å². The van der Waals surface area contributed by atoms with Gasteiger partial charge in [-0.2, -0.15) is 13.2 Å². The van der Waals surface area contributed by atoms with Crippen LogP contribution in [0.5, 0.6) is 5.75 Å². The minimum Gasteiger partial charge on any atom is -0.508 e. The van der Waals surface area contributed by atoms with Gasteiger partial charge in [-0.1, -0.05) is 11.6 Å². The van der Waals surface area contributed by atoms with Gasteiger partial charge in [0.05, 0.1) is 16.3 Å². The van der Waals surface area contributed by atoms with E-state index < -0.39 is 17.6 Å². The van der Waals surface area contributed by atoms with Crippen LogP contribution in [0.15, 0.2) is 51.9 Å². The van der Waals surface area contributed by atoms with Crippen LogP contribution in [0.2, 0.25) is 5.02 Å². The van der Waals surface area contributed by atoms with E-state index in [1.807, 2.05) is 0 Å². The standard InChI is InChI=1S/C17H10ClF3N2O3/c18-12-4-2-9(17(19,20)21)6-13(12)23-16-11(15(22)25)5-8-1-3-10(24)7-14(8)26-16/h1-7,24H,(H2,22,25). The molecule has 1 aromatic heterocycles. The fourth-order valence-electron chi connectivity index (χ4n) is 2.25. The monoisotopic (exact) mass is 382 g/mol. The number of halogens is 4. The first-order valence-electron chi connectivity index (χ1n) is 7.13.